The largest absolute Gasteiger partial charge is 0.481 e. The average molecular weight is 286 g/mol. The molecule has 0 aromatic heterocycles. The van der Waals surface area contributed by atoms with Crippen LogP contribution in [0, 0.1) is 5.41 Å². The summed E-state index contributed by atoms with van der Waals surface area (Å²) in [6.45, 7) is 8.38. The predicted octanol–water partition coefficient (Wildman–Crippen LogP) is 1.74. The number of rotatable bonds is 6. The Hall–Kier alpha value is -1.30. The molecule has 6 heteroatoms. The summed E-state index contributed by atoms with van der Waals surface area (Å²) >= 11 is 0. The van der Waals surface area contributed by atoms with Gasteiger partial charge < -0.3 is 20.5 Å². The monoisotopic (exact) mass is 286 g/mol. The van der Waals surface area contributed by atoms with Crippen LogP contribution in [0.4, 0.5) is 4.79 Å². The first-order chi connectivity index (χ1) is 9.22. The minimum atomic E-state index is -0.912. The summed E-state index contributed by atoms with van der Waals surface area (Å²) in [5, 5.41) is 14.5. The molecular formula is C14H26N2O4. The first-order valence-corrected chi connectivity index (χ1v) is 7.12. The lowest BCUT2D eigenvalue weighted by Crippen LogP contribution is -2.55. The van der Waals surface area contributed by atoms with Gasteiger partial charge in [0, 0.05) is 18.7 Å². The number of carboxylic acids is 1. The van der Waals surface area contributed by atoms with E-state index in [0.717, 1.165) is 12.8 Å². The van der Waals surface area contributed by atoms with Crippen LogP contribution in [0.5, 0.6) is 0 Å². The zero-order valence-corrected chi connectivity index (χ0v) is 12.7. The van der Waals surface area contributed by atoms with Gasteiger partial charge in [-0.25, -0.2) is 4.79 Å². The molecule has 1 atom stereocenters. The van der Waals surface area contributed by atoms with Crippen molar-refractivity contribution in [3.8, 4) is 0 Å². The predicted molar refractivity (Wildman–Crippen MR) is 75.6 cm³/mol. The van der Waals surface area contributed by atoms with E-state index >= 15 is 0 Å². The maximum atomic E-state index is 11.9. The van der Waals surface area contributed by atoms with Crippen molar-refractivity contribution in [1.82, 2.24) is 10.6 Å². The van der Waals surface area contributed by atoms with Crippen molar-refractivity contribution in [2.24, 2.45) is 5.41 Å². The van der Waals surface area contributed by atoms with Crippen LogP contribution >= 0.6 is 0 Å². The number of urea groups is 1. The average Bonchev–Trinajstić information content (AvgIpc) is 2.23. The van der Waals surface area contributed by atoms with Gasteiger partial charge in [-0.05, 0) is 25.2 Å². The Bertz CT molecular complexity index is 346. The van der Waals surface area contributed by atoms with E-state index in [1.807, 2.05) is 27.7 Å². The molecule has 0 radical (unpaired) electrons. The van der Waals surface area contributed by atoms with Gasteiger partial charge in [0.15, 0.2) is 0 Å². The Morgan fingerprint density at radius 3 is 2.40 bits per heavy atom. The minimum absolute atomic E-state index is 0.0802. The molecule has 1 aliphatic rings. The highest BCUT2D eigenvalue weighted by molar-refractivity contribution is 5.76. The fourth-order valence-electron chi connectivity index (χ4n) is 2.19. The van der Waals surface area contributed by atoms with E-state index in [1.165, 1.54) is 0 Å². The lowest BCUT2D eigenvalue weighted by Gasteiger charge is -2.36. The second kappa shape index (κ2) is 6.92. The molecule has 0 aromatic rings. The second-order valence-corrected chi connectivity index (χ2v) is 6.38. The molecule has 0 saturated heterocycles. The molecule has 2 amide bonds. The summed E-state index contributed by atoms with van der Waals surface area (Å²) in [5.74, 6) is -0.912. The van der Waals surface area contributed by atoms with E-state index in [4.69, 9.17) is 9.84 Å². The smallest absolute Gasteiger partial charge is 0.315 e. The molecule has 0 bridgehead atoms. The van der Waals surface area contributed by atoms with E-state index in [9.17, 15) is 9.59 Å². The molecule has 0 aromatic carbocycles. The SMILES string of the molecule is CCOC1CC(NC(=O)NC(CC(=O)O)C(C)(C)C)C1. The fourth-order valence-corrected chi connectivity index (χ4v) is 2.19. The van der Waals surface area contributed by atoms with Crippen molar-refractivity contribution in [2.75, 3.05) is 6.61 Å². The van der Waals surface area contributed by atoms with Gasteiger partial charge in [0.2, 0.25) is 0 Å². The topological polar surface area (TPSA) is 87.7 Å². The lowest BCUT2D eigenvalue weighted by atomic mass is 9.84. The summed E-state index contributed by atoms with van der Waals surface area (Å²) in [6, 6.07) is -0.578. The standard InChI is InChI=1S/C14H26N2O4/c1-5-20-10-6-9(7-10)15-13(19)16-11(8-12(17)18)14(2,3)4/h9-11H,5-8H2,1-4H3,(H,17,18)(H2,15,16,19). The van der Waals surface area contributed by atoms with Gasteiger partial charge in [-0.3, -0.25) is 4.79 Å². The molecule has 116 valence electrons. The third kappa shape index (κ3) is 5.36. The Morgan fingerprint density at radius 2 is 1.95 bits per heavy atom. The second-order valence-electron chi connectivity index (χ2n) is 6.38. The van der Waals surface area contributed by atoms with E-state index in [1.54, 1.807) is 0 Å². The third-order valence-electron chi connectivity index (χ3n) is 3.56. The maximum Gasteiger partial charge on any atom is 0.315 e. The number of ether oxygens (including phenoxy) is 1. The summed E-state index contributed by atoms with van der Waals surface area (Å²) in [6.07, 6.45) is 1.80. The normalized spacial score (nSPS) is 23.6. The highest BCUT2D eigenvalue weighted by Gasteiger charge is 2.33. The molecule has 1 fully saturated rings. The number of hydrogen-bond donors (Lipinski definition) is 3. The molecular weight excluding hydrogens is 260 g/mol. The fraction of sp³-hybridized carbons (Fsp3) is 0.857. The number of carboxylic acid groups (broad SMARTS) is 1. The van der Waals surface area contributed by atoms with Gasteiger partial charge in [0.05, 0.1) is 12.5 Å². The van der Waals surface area contributed by atoms with Crippen LogP contribution in [0.15, 0.2) is 0 Å². The van der Waals surface area contributed by atoms with E-state index in [-0.39, 0.29) is 30.0 Å². The molecule has 0 spiro atoms. The Morgan fingerprint density at radius 1 is 1.35 bits per heavy atom. The molecule has 20 heavy (non-hydrogen) atoms. The summed E-state index contributed by atoms with van der Waals surface area (Å²) in [4.78, 5) is 22.7. The van der Waals surface area contributed by atoms with Gasteiger partial charge in [0.1, 0.15) is 0 Å². The van der Waals surface area contributed by atoms with E-state index < -0.39 is 12.0 Å². The highest BCUT2D eigenvalue weighted by Crippen LogP contribution is 2.24. The molecule has 1 unspecified atom stereocenters. The van der Waals surface area contributed by atoms with E-state index in [0.29, 0.717) is 6.61 Å². The van der Waals surface area contributed by atoms with Crippen molar-refractivity contribution >= 4 is 12.0 Å². The highest BCUT2D eigenvalue weighted by atomic mass is 16.5. The molecule has 0 aliphatic heterocycles. The number of carbonyl (C=O) groups excluding carboxylic acids is 1. The Labute approximate surface area is 120 Å². The zero-order valence-electron chi connectivity index (χ0n) is 12.7. The molecule has 1 aliphatic carbocycles. The summed E-state index contributed by atoms with van der Waals surface area (Å²) < 4.78 is 5.43. The number of amides is 2. The van der Waals surface area contributed by atoms with Crippen molar-refractivity contribution in [1.29, 1.82) is 0 Å². The van der Waals surface area contributed by atoms with Crippen LogP contribution in [0.2, 0.25) is 0 Å². The van der Waals surface area contributed by atoms with Crippen LogP contribution in [-0.2, 0) is 9.53 Å². The van der Waals surface area contributed by atoms with Crippen LogP contribution in [0.3, 0.4) is 0 Å². The Balaban J connectivity index is 2.38. The van der Waals surface area contributed by atoms with Crippen LogP contribution in [0.25, 0.3) is 0 Å². The summed E-state index contributed by atoms with van der Waals surface area (Å²) in [7, 11) is 0. The number of carbonyl (C=O) groups is 2. The van der Waals surface area contributed by atoms with Crippen molar-refractivity contribution in [2.45, 2.75) is 65.1 Å². The molecule has 1 saturated carbocycles. The van der Waals surface area contributed by atoms with Gasteiger partial charge >= 0.3 is 12.0 Å². The zero-order chi connectivity index (χ0) is 15.3. The number of aliphatic carboxylic acids is 1. The first-order valence-electron chi connectivity index (χ1n) is 7.12. The maximum absolute atomic E-state index is 11.9. The molecule has 1 rings (SSSR count). The Kier molecular flexibility index (Phi) is 5.80. The van der Waals surface area contributed by atoms with Crippen LogP contribution in [0.1, 0.15) is 47.0 Å². The molecule has 6 nitrogen and oxygen atoms in total. The third-order valence-corrected chi connectivity index (χ3v) is 3.56. The molecule has 0 heterocycles. The first kappa shape index (κ1) is 16.8. The summed E-state index contributed by atoms with van der Waals surface area (Å²) in [5.41, 5.74) is -0.302. The number of hydrogen-bond acceptors (Lipinski definition) is 3. The van der Waals surface area contributed by atoms with Crippen LogP contribution in [-0.4, -0.2) is 41.9 Å². The van der Waals surface area contributed by atoms with Gasteiger partial charge in [0.25, 0.3) is 0 Å². The lowest BCUT2D eigenvalue weighted by molar-refractivity contribution is -0.138. The molecule has 3 N–H and O–H groups in total. The van der Waals surface area contributed by atoms with Crippen LogP contribution < -0.4 is 10.6 Å². The van der Waals surface area contributed by atoms with Gasteiger partial charge in [-0.1, -0.05) is 20.8 Å². The van der Waals surface area contributed by atoms with E-state index in [2.05, 4.69) is 10.6 Å². The van der Waals surface area contributed by atoms with Crippen molar-refractivity contribution in [3.05, 3.63) is 0 Å². The van der Waals surface area contributed by atoms with Gasteiger partial charge in [-0.15, -0.1) is 0 Å². The van der Waals surface area contributed by atoms with Crippen molar-refractivity contribution in [3.63, 3.8) is 0 Å². The van der Waals surface area contributed by atoms with Gasteiger partial charge in [-0.2, -0.15) is 0 Å². The quantitative estimate of drug-likeness (QED) is 0.694. The van der Waals surface area contributed by atoms with Crippen molar-refractivity contribution < 1.29 is 19.4 Å². The number of nitrogens with one attached hydrogen (secondary N) is 2. The minimum Gasteiger partial charge on any atom is -0.481 e.